The molecule has 0 rings (SSSR count). The van der Waals surface area contributed by atoms with Crippen molar-refractivity contribution in [2.24, 2.45) is 5.92 Å². The maximum atomic E-state index is 3.94. The largest absolute Gasteiger partial charge is 0.0956 e. The second kappa shape index (κ2) is 5.28. The number of hydrogen-bond donors (Lipinski definition) is 0. The third-order valence-corrected chi connectivity index (χ3v) is 1.53. The van der Waals surface area contributed by atoms with Crippen molar-refractivity contribution in [1.82, 2.24) is 0 Å². The van der Waals surface area contributed by atoms with Gasteiger partial charge in [0, 0.05) is 0 Å². The van der Waals surface area contributed by atoms with Gasteiger partial charge in [-0.3, -0.25) is 0 Å². The van der Waals surface area contributed by atoms with E-state index in [0.29, 0.717) is 5.92 Å². The minimum Gasteiger partial charge on any atom is -0.0956 e. The summed E-state index contributed by atoms with van der Waals surface area (Å²) in [5.74, 6) is 0.591. The van der Waals surface area contributed by atoms with Crippen LogP contribution < -0.4 is 0 Å². The molecule has 0 bridgehead atoms. The van der Waals surface area contributed by atoms with E-state index in [-0.39, 0.29) is 0 Å². The van der Waals surface area contributed by atoms with Gasteiger partial charge in [-0.1, -0.05) is 51.5 Å². The molecule has 10 heavy (non-hydrogen) atoms. The maximum Gasteiger partial charge on any atom is -0.0225 e. The lowest BCUT2D eigenvalue weighted by Crippen LogP contribution is -1.86. The lowest BCUT2D eigenvalue weighted by molar-refractivity contribution is 0.793. The van der Waals surface area contributed by atoms with E-state index in [0.717, 1.165) is 0 Å². The first-order valence-corrected chi connectivity index (χ1v) is 4.03. The van der Waals surface area contributed by atoms with Crippen LogP contribution >= 0.6 is 0 Å². The minimum atomic E-state index is 0.591. The first-order valence-electron chi connectivity index (χ1n) is 4.03. The average molecular weight is 138 g/mol. The Labute approximate surface area is 64.6 Å². The Hall–Kier alpha value is -0.520. The molecule has 0 amide bonds. The Morgan fingerprint density at radius 1 is 1.50 bits per heavy atom. The molecule has 0 unspecified atom stereocenters. The molecular formula is C10H18. The van der Waals surface area contributed by atoms with E-state index >= 15 is 0 Å². The van der Waals surface area contributed by atoms with Crippen molar-refractivity contribution in [3.8, 4) is 0 Å². The first-order chi connectivity index (χ1) is 4.68. The summed E-state index contributed by atoms with van der Waals surface area (Å²) in [6, 6.07) is 0. The molecule has 0 N–H and O–H groups in total. The summed E-state index contributed by atoms with van der Waals surface area (Å²) < 4.78 is 0. The van der Waals surface area contributed by atoms with Crippen LogP contribution in [0.3, 0.4) is 0 Å². The molecule has 0 saturated carbocycles. The number of unbranched alkanes of at least 4 members (excludes halogenated alkanes) is 1. The van der Waals surface area contributed by atoms with Crippen molar-refractivity contribution in [2.75, 3.05) is 0 Å². The highest BCUT2D eigenvalue weighted by Crippen LogP contribution is 2.08. The fraction of sp³-hybridized carbons (Fsp3) is 0.600. The lowest BCUT2D eigenvalue weighted by Gasteiger charge is -2.01. The molecule has 0 aliphatic rings. The standard InChI is InChI=1S/C10H18/c1-5-6-7-8-10(4)9(2)3/h7-9H,4-6H2,1-3H3/b8-7+. The van der Waals surface area contributed by atoms with Crippen LogP contribution in [0.5, 0.6) is 0 Å². The van der Waals surface area contributed by atoms with Crippen molar-refractivity contribution in [3.05, 3.63) is 24.3 Å². The predicted molar refractivity (Wildman–Crippen MR) is 48.0 cm³/mol. The van der Waals surface area contributed by atoms with E-state index in [1.54, 1.807) is 0 Å². The second-order valence-electron chi connectivity index (χ2n) is 2.92. The van der Waals surface area contributed by atoms with Crippen LogP contribution in [-0.2, 0) is 0 Å². The Balaban J connectivity index is 3.56. The highest BCUT2D eigenvalue weighted by Gasteiger charge is 1.92. The van der Waals surface area contributed by atoms with Crippen molar-refractivity contribution in [2.45, 2.75) is 33.6 Å². The van der Waals surface area contributed by atoms with Crippen molar-refractivity contribution in [3.63, 3.8) is 0 Å². The monoisotopic (exact) mass is 138 g/mol. The summed E-state index contributed by atoms with van der Waals surface area (Å²) in [6.45, 7) is 10.5. The molecule has 0 atom stereocenters. The zero-order valence-corrected chi connectivity index (χ0v) is 7.35. The van der Waals surface area contributed by atoms with Gasteiger partial charge in [-0.05, 0) is 12.3 Å². The van der Waals surface area contributed by atoms with E-state index in [9.17, 15) is 0 Å². The van der Waals surface area contributed by atoms with Gasteiger partial charge in [-0.15, -0.1) is 0 Å². The maximum absolute atomic E-state index is 3.94. The van der Waals surface area contributed by atoms with Crippen LogP contribution in [0.2, 0.25) is 0 Å². The number of hydrogen-bond acceptors (Lipinski definition) is 0. The van der Waals surface area contributed by atoms with E-state index < -0.39 is 0 Å². The zero-order valence-electron chi connectivity index (χ0n) is 7.35. The van der Waals surface area contributed by atoms with Crippen LogP contribution in [0.25, 0.3) is 0 Å². The van der Waals surface area contributed by atoms with E-state index in [1.807, 2.05) is 0 Å². The van der Waals surface area contributed by atoms with Gasteiger partial charge in [-0.25, -0.2) is 0 Å². The molecule has 0 radical (unpaired) electrons. The highest BCUT2D eigenvalue weighted by atomic mass is 14.0. The Kier molecular flexibility index (Phi) is 5.00. The van der Waals surface area contributed by atoms with Gasteiger partial charge in [-0.2, -0.15) is 0 Å². The van der Waals surface area contributed by atoms with Gasteiger partial charge in [0.25, 0.3) is 0 Å². The molecule has 0 aliphatic carbocycles. The Morgan fingerprint density at radius 3 is 2.50 bits per heavy atom. The van der Waals surface area contributed by atoms with Crippen molar-refractivity contribution < 1.29 is 0 Å². The minimum absolute atomic E-state index is 0.591. The van der Waals surface area contributed by atoms with Gasteiger partial charge in [0.1, 0.15) is 0 Å². The van der Waals surface area contributed by atoms with Gasteiger partial charge in [0.2, 0.25) is 0 Å². The fourth-order valence-electron chi connectivity index (χ4n) is 0.594. The molecule has 0 heteroatoms. The summed E-state index contributed by atoms with van der Waals surface area (Å²) in [5.41, 5.74) is 1.23. The topological polar surface area (TPSA) is 0 Å². The zero-order chi connectivity index (χ0) is 7.98. The molecule has 0 aromatic heterocycles. The van der Waals surface area contributed by atoms with E-state index in [2.05, 4.69) is 39.5 Å². The number of allylic oxidation sites excluding steroid dienone is 3. The van der Waals surface area contributed by atoms with Gasteiger partial charge < -0.3 is 0 Å². The van der Waals surface area contributed by atoms with Gasteiger partial charge in [0.15, 0.2) is 0 Å². The van der Waals surface area contributed by atoms with Crippen molar-refractivity contribution >= 4 is 0 Å². The molecule has 0 aromatic rings. The summed E-state index contributed by atoms with van der Waals surface area (Å²) in [5, 5.41) is 0. The van der Waals surface area contributed by atoms with E-state index in [1.165, 1.54) is 18.4 Å². The van der Waals surface area contributed by atoms with E-state index in [4.69, 9.17) is 0 Å². The smallest absolute Gasteiger partial charge is 0.0225 e. The molecule has 0 fully saturated rings. The molecule has 58 valence electrons. The van der Waals surface area contributed by atoms with Gasteiger partial charge >= 0.3 is 0 Å². The summed E-state index contributed by atoms with van der Waals surface area (Å²) >= 11 is 0. The molecule has 0 aliphatic heterocycles. The third kappa shape index (κ3) is 4.37. The highest BCUT2D eigenvalue weighted by molar-refractivity contribution is 5.15. The van der Waals surface area contributed by atoms with Gasteiger partial charge in [0.05, 0.1) is 0 Å². The van der Waals surface area contributed by atoms with Crippen LogP contribution in [0.1, 0.15) is 33.6 Å². The normalized spacial score (nSPS) is 11.2. The van der Waals surface area contributed by atoms with Crippen LogP contribution in [0.4, 0.5) is 0 Å². The molecule has 0 nitrogen and oxygen atoms in total. The first kappa shape index (κ1) is 9.48. The number of rotatable bonds is 4. The summed E-state index contributed by atoms with van der Waals surface area (Å²) in [4.78, 5) is 0. The summed E-state index contributed by atoms with van der Waals surface area (Å²) in [6.07, 6.45) is 6.73. The van der Waals surface area contributed by atoms with Crippen LogP contribution in [-0.4, -0.2) is 0 Å². The molecule has 0 aromatic carbocycles. The van der Waals surface area contributed by atoms with Crippen LogP contribution in [0.15, 0.2) is 24.3 Å². The molecule has 0 saturated heterocycles. The molecular weight excluding hydrogens is 120 g/mol. The van der Waals surface area contributed by atoms with Crippen LogP contribution in [0, 0.1) is 5.92 Å². The van der Waals surface area contributed by atoms with Crippen molar-refractivity contribution in [1.29, 1.82) is 0 Å². The average Bonchev–Trinajstić information content (AvgIpc) is 1.88. The SMILES string of the molecule is C=C(/C=C/CCC)C(C)C. The fourth-order valence-corrected chi connectivity index (χ4v) is 0.594. The second-order valence-corrected chi connectivity index (χ2v) is 2.92. The summed E-state index contributed by atoms with van der Waals surface area (Å²) in [7, 11) is 0. The molecule has 0 heterocycles. The third-order valence-electron chi connectivity index (χ3n) is 1.53. The lowest BCUT2D eigenvalue weighted by atomic mass is 10.0. The predicted octanol–water partition coefficient (Wildman–Crippen LogP) is 3.55. The Morgan fingerprint density at radius 2 is 2.10 bits per heavy atom. The molecule has 0 spiro atoms. The Bertz CT molecular complexity index is 118. The quantitative estimate of drug-likeness (QED) is 0.521.